The molecule has 8 nitrogen and oxygen atoms in total. The van der Waals surface area contributed by atoms with Crippen LogP contribution in [0.3, 0.4) is 0 Å². The number of pyridine rings is 1. The Balaban J connectivity index is 1.47. The maximum absolute atomic E-state index is 13.5. The normalized spacial score (nSPS) is 15.6. The van der Waals surface area contributed by atoms with Crippen LogP contribution in [-0.4, -0.2) is 57.0 Å². The first-order valence-corrected chi connectivity index (χ1v) is 11.5. The summed E-state index contributed by atoms with van der Waals surface area (Å²) >= 11 is 1.28. The Bertz CT molecular complexity index is 1270. The van der Waals surface area contributed by atoms with Crippen LogP contribution < -0.4 is 10.6 Å². The molecular weight excluding hydrogens is 488 g/mol. The molecule has 3 aromatic heterocycles. The van der Waals surface area contributed by atoms with Crippen molar-refractivity contribution in [1.82, 2.24) is 25.2 Å². The highest BCUT2D eigenvalue weighted by Crippen LogP contribution is 2.38. The Morgan fingerprint density at radius 2 is 1.91 bits per heavy atom. The molecule has 0 radical (unpaired) electrons. The molecule has 4 heterocycles. The number of fused-ring (bicyclic) bond motifs is 1. The second-order valence-corrected chi connectivity index (χ2v) is 9.75. The van der Waals surface area contributed by atoms with E-state index in [2.05, 4.69) is 25.6 Å². The molecule has 1 fully saturated rings. The first-order chi connectivity index (χ1) is 16.4. The van der Waals surface area contributed by atoms with E-state index in [1.807, 2.05) is 0 Å². The third-order valence-electron chi connectivity index (χ3n) is 5.86. The van der Waals surface area contributed by atoms with E-state index in [1.165, 1.54) is 28.5 Å². The van der Waals surface area contributed by atoms with E-state index in [4.69, 9.17) is 0 Å². The summed E-state index contributed by atoms with van der Waals surface area (Å²) in [6, 6.07) is 2.06. The molecule has 1 saturated heterocycles. The monoisotopic (exact) mass is 510 g/mol. The van der Waals surface area contributed by atoms with Crippen molar-refractivity contribution in [2.24, 2.45) is 5.41 Å². The number of hydrogen-bond donors (Lipinski definition) is 2. The van der Waals surface area contributed by atoms with E-state index < -0.39 is 41.3 Å². The van der Waals surface area contributed by atoms with E-state index >= 15 is 0 Å². The number of carbonyl (C=O) groups excluding carboxylic acids is 2. The van der Waals surface area contributed by atoms with Crippen LogP contribution in [0.25, 0.3) is 10.2 Å². The minimum atomic E-state index is -4.69. The molecule has 35 heavy (non-hydrogen) atoms. The maximum Gasteiger partial charge on any atom is 0.402 e. The van der Waals surface area contributed by atoms with E-state index in [0.717, 1.165) is 20.0 Å². The van der Waals surface area contributed by atoms with E-state index in [-0.39, 0.29) is 24.7 Å². The van der Waals surface area contributed by atoms with E-state index in [0.29, 0.717) is 15.8 Å². The second kappa shape index (κ2) is 9.02. The predicted molar refractivity (Wildman–Crippen MR) is 121 cm³/mol. The number of carbonyl (C=O) groups is 2. The standard InChI is InChI=1S/C22H22F4N6O2S/c1-11(12-6-13(23)8-27-7-12)28-20-30-15-4-5-35-17(15)16(31-20)18(33)32-9-14(10-32)29-19(34)21(2,3)22(24,25)26/h4-8,11,14H,9-10H2,1-3H3,(H,29,34)(H,28,30,31)/t11-/m0/s1. The zero-order chi connectivity index (χ0) is 25.5. The molecule has 0 spiro atoms. The van der Waals surface area contributed by atoms with E-state index in [9.17, 15) is 27.2 Å². The van der Waals surface area contributed by atoms with Gasteiger partial charge in [0.25, 0.3) is 5.91 Å². The smallest absolute Gasteiger partial charge is 0.349 e. The number of nitrogens with one attached hydrogen (secondary N) is 2. The van der Waals surface area contributed by atoms with Crippen LogP contribution in [0.4, 0.5) is 23.5 Å². The van der Waals surface area contributed by atoms with Gasteiger partial charge < -0.3 is 15.5 Å². The van der Waals surface area contributed by atoms with Crippen molar-refractivity contribution in [1.29, 1.82) is 0 Å². The van der Waals surface area contributed by atoms with Crippen LogP contribution >= 0.6 is 11.3 Å². The molecule has 13 heteroatoms. The van der Waals surface area contributed by atoms with Crippen molar-refractivity contribution < 1.29 is 27.2 Å². The molecule has 2 N–H and O–H groups in total. The summed E-state index contributed by atoms with van der Waals surface area (Å²) in [6.07, 6.45) is -2.09. The van der Waals surface area contributed by atoms with Crippen LogP contribution in [0.1, 0.15) is 42.9 Å². The SMILES string of the molecule is C[C@H](Nc1nc(C(=O)N2CC(NC(=O)C(C)(C)C(F)(F)F)C2)c2sccc2n1)c1cncc(F)c1. The van der Waals surface area contributed by atoms with Gasteiger partial charge in [-0.2, -0.15) is 13.2 Å². The van der Waals surface area contributed by atoms with Gasteiger partial charge >= 0.3 is 6.18 Å². The molecule has 0 bridgehead atoms. The van der Waals surface area contributed by atoms with Gasteiger partial charge in [-0.25, -0.2) is 14.4 Å². The number of nitrogens with zero attached hydrogens (tertiary/aromatic N) is 4. The molecular formula is C22H22F4N6O2S. The minimum absolute atomic E-state index is 0.0590. The number of halogens is 4. The van der Waals surface area contributed by atoms with Gasteiger partial charge in [-0.1, -0.05) is 0 Å². The summed E-state index contributed by atoms with van der Waals surface area (Å²) in [5.74, 6) is -1.90. The number of rotatable bonds is 6. The lowest BCUT2D eigenvalue weighted by Crippen LogP contribution is -2.63. The summed E-state index contributed by atoms with van der Waals surface area (Å²) in [4.78, 5) is 39.2. The Labute approximate surface area is 201 Å². The molecule has 1 atom stereocenters. The molecule has 0 aromatic carbocycles. The molecule has 0 aliphatic carbocycles. The van der Waals surface area contributed by atoms with Crippen LogP contribution in [0.5, 0.6) is 0 Å². The quantitative estimate of drug-likeness (QED) is 0.488. The summed E-state index contributed by atoms with van der Waals surface area (Å²) in [7, 11) is 0. The minimum Gasteiger partial charge on any atom is -0.349 e. The summed E-state index contributed by atoms with van der Waals surface area (Å²) in [6.45, 7) is 3.51. The van der Waals surface area contributed by atoms with Crippen molar-refractivity contribution in [2.75, 3.05) is 18.4 Å². The first-order valence-electron chi connectivity index (χ1n) is 10.7. The number of hydrogen-bond acceptors (Lipinski definition) is 7. The topological polar surface area (TPSA) is 100 Å². The van der Waals surface area contributed by atoms with Gasteiger partial charge in [0.2, 0.25) is 11.9 Å². The molecule has 1 aliphatic rings. The molecule has 0 saturated carbocycles. The number of likely N-dealkylation sites (tertiary alicyclic amines) is 1. The molecule has 1 aliphatic heterocycles. The maximum atomic E-state index is 13.5. The lowest BCUT2D eigenvalue weighted by Gasteiger charge is -2.41. The van der Waals surface area contributed by atoms with Crippen LogP contribution in [-0.2, 0) is 4.79 Å². The summed E-state index contributed by atoms with van der Waals surface area (Å²) in [5, 5.41) is 7.17. The number of thiophene rings is 1. The van der Waals surface area contributed by atoms with E-state index in [1.54, 1.807) is 18.4 Å². The Morgan fingerprint density at radius 1 is 1.20 bits per heavy atom. The molecule has 3 aromatic rings. The van der Waals surface area contributed by atoms with Crippen LogP contribution in [0.15, 0.2) is 29.9 Å². The van der Waals surface area contributed by atoms with Crippen molar-refractivity contribution in [3.8, 4) is 0 Å². The van der Waals surface area contributed by atoms with Gasteiger partial charge in [-0.15, -0.1) is 11.3 Å². The highest BCUT2D eigenvalue weighted by molar-refractivity contribution is 7.17. The number of alkyl halides is 3. The fraction of sp³-hybridized carbons (Fsp3) is 0.409. The van der Waals surface area contributed by atoms with Crippen molar-refractivity contribution in [3.63, 3.8) is 0 Å². The van der Waals surface area contributed by atoms with Crippen molar-refractivity contribution >= 4 is 39.3 Å². The van der Waals surface area contributed by atoms with Crippen LogP contribution in [0, 0.1) is 11.2 Å². The molecule has 186 valence electrons. The molecule has 0 unspecified atom stereocenters. The Hall–Kier alpha value is -3.35. The van der Waals surface area contributed by atoms with Gasteiger partial charge in [0.1, 0.15) is 11.2 Å². The van der Waals surface area contributed by atoms with Crippen molar-refractivity contribution in [3.05, 3.63) is 47.0 Å². The first kappa shape index (κ1) is 24.8. The fourth-order valence-electron chi connectivity index (χ4n) is 3.40. The Kier molecular flexibility index (Phi) is 6.38. The van der Waals surface area contributed by atoms with Crippen LogP contribution in [0.2, 0.25) is 0 Å². The van der Waals surface area contributed by atoms with Gasteiger partial charge in [0.15, 0.2) is 5.69 Å². The van der Waals surface area contributed by atoms with Gasteiger partial charge in [-0.05, 0) is 43.8 Å². The highest BCUT2D eigenvalue weighted by atomic mass is 32.1. The lowest BCUT2D eigenvalue weighted by molar-refractivity contribution is -0.212. The highest BCUT2D eigenvalue weighted by Gasteiger charge is 2.53. The zero-order valence-electron chi connectivity index (χ0n) is 19.0. The third-order valence-corrected chi connectivity index (χ3v) is 6.77. The average molecular weight is 511 g/mol. The molecule has 4 rings (SSSR count). The van der Waals surface area contributed by atoms with Gasteiger partial charge in [-0.3, -0.25) is 14.6 Å². The molecule has 2 amide bonds. The third kappa shape index (κ3) is 4.90. The van der Waals surface area contributed by atoms with Gasteiger partial charge in [0.05, 0.1) is 28.5 Å². The zero-order valence-corrected chi connectivity index (χ0v) is 19.8. The number of amides is 2. The summed E-state index contributed by atoms with van der Waals surface area (Å²) in [5.41, 5.74) is -1.30. The van der Waals surface area contributed by atoms with Gasteiger partial charge in [0, 0.05) is 19.3 Å². The number of aromatic nitrogens is 3. The average Bonchev–Trinajstić information content (AvgIpc) is 3.22. The largest absolute Gasteiger partial charge is 0.402 e. The van der Waals surface area contributed by atoms with Crippen molar-refractivity contribution in [2.45, 2.75) is 39.0 Å². The fourth-order valence-corrected chi connectivity index (χ4v) is 4.21. The predicted octanol–water partition coefficient (Wildman–Crippen LogP) is 3.93. The lowest BCUT2D eigenvalue weighted by atomic mass is 9.90. The Morgan fingerprint density at radius 3 is 2.57 bits per heavy atom. The number of anilines is 1. The second-order valence-electron chi connectivity index (χ2n) is 8.84. The summed E-state index contributed by atoms with van der Waals surface area (Å²) < 4.78 is 53.4.